The molecule has 2 aliphatic rings. The monoisotopic (exact) mass is 540 g/mol. The van der Waals surface area contributed by atoms with Crippen molar-refractivity contribution in [1.29, 1.82) is 0 Å². The van der Waals surface area contributed by atoms with E-state index in [-0.39, 0.29) is 11.8 Å². The number of anilines is 1. The molecule has 40 heavy (non-hydrogen) atoms. The first-order valence-corrected chi connectivity index (χ1v) is 13.9. The Morgan fingerprint density at radius 1 is 1.00 bits per heavy atom. The molecule has 2 fully saturated rings. The van der Waals surface area contributed by atoms with Gasteiger partial charge >= 0.3 is 0 Å². The maximum Gasteiger partial charge on any atom is 0.164 e. The second-order valence-corrected chi connectivity index (χ2v) is 10.8. The lowest BCUT2D eigenvalue weighted by molar-refractivity contribution is 0.0815. The second-order valence-electron chi connectivity index (χ2n) is 10.8. The van der Waals surface area contributed by atoms with Crippen LogP contribution in [0.3, 0.4) is 0 Å². The van der Waals surface area contributed by atoms with E-state index in [1.54, 1.807) is 31.5 Å². The smallest absolute Gasteiger partial charge is 0.164 e. The normalized spacial score (nSPS) is 20.9. The molecule has 3 N–H and O–H groups in total. The van der Waals surface area contributed by atoms with Gasteiger partial charge in [-0.3, -0.25) is 9.89 Å². The van der Waals surface area contributed by atoms with Gasteiger partial charge < -0.3 is 20.5 Å². The number of hydrogen-bond donors (Lipinski definition) is 2. The van der Waals surface area contributed by atoms with Crippen LogP contribution < -0.4 is 10.5 Å². The largest absolute Gasteiger partial charge is 0.507 e. The number of phenols is 1. The molecule has 10 heteroatoms. The molecule has 0 spiro atoms. The fourth-order valence-corrected chi connectivity index (χ4v) is 5.97. The van der Waals surface area contributed by atoms with Gasteiger partial charge in [0.2, 0.25) is 0 Å². The van der Waals surface area contributed by atoms with Crippen LogP contribution in [0.5, 0.6) is 11.5 Å². The van der Waals surface area contributed by atoms with Crippen molar-refractivity contribution in [2.75, 3.05) is 46.1 Å². The molecule has 0 atom stereocenters. The number of aromatic nitrogens is 4. The van der Waals surface area contributed by atoms with Gasteiger partial charge in [-0.1, -0.05) is 18.2 Å². The Bertz CT molecular complexity index is 1520. The molecule has 3 heterocycles. The molecular formula is C30H36N8O2. The molecule has 6 rings (SSSR count). The van der Waals surface area contributed by atoms with Crippen LogP contribution in [-0.2, 0) is 0 Å². The Morgan fingerprint density at radius 3 is 2.50 bits per heavy atom. The summed E-state index contributed by atoms with van der Waals surface area (Å²) >= 11 is 0. The van der Waals surface area contributed by atoms with E-state index in [4.69, 9.17) is 15.6 Å². The number of hydrogen-bond acceptors (Lipinski definition) is 9. The lowest BCUT2D eigenvalue weighted by atomic mass is 9.90. The number of nitrogens with zero attached hydrogens (tertiary/aromatic N) is 7. The molecule has 1 saturated heterocycles. The average molecular weight is 541 g/mol. The molecule has 208 valence electrons. The van der Waals surface area contributed by atoms with E-state index in [2.05, 4.69) is 36.5 Å². The molecule has 1 aliphatic heterocycles. The third-order valence-corrected chi connectivity index (χ3v) is 8.32. The molecule has 0 unspecified atom stereocenters. The second kappa shape index (κ2) is 11.2. The van der Waals surface area contributed by atoms with Crippen LogP contribution >= 0.6 is 0 Å². The molecule has 0 bridgehead atoms. The van der Waals surface area contributed by atoms with E-state index in [1.807, 2.05) is 24.3 Å². The zero-order valence-electron chi connectivity index (χ0n) is 23.1. The predicted octanol–water partition coefficient (Wildman–Crippen LogP) is 4.27. The van der Waals surface area contributed by atoms with Crippen LogP contribution in [-0.4, -0.2) is 87.2 Å². The maximum absolute atomic E-state index is 10.1. The fraction of sp³-hybridized carbons (Fsp3) is 0.400. The summed E-state index contributed by atoms with van der Waals surface area (Å²) in [5, 5.41) is 15.9. The standard InChI is InChI=1S/C30H36N8O2/c1-36-13-15-37(16-14-36)22-8-10-23(11-9-22)38-30-27(29(31)33-19-34-30)28(35-38)20-7-12-24(26(17-20)40-2)32-18-21-5-3-4-6-25(21)39/h3-7,12,17-19,22-23,39H,8-11,13-16H2,1-2H3,(H2,31,33,34)/b32-18+. The number of piperazine rings is 1. The van der Waals surface area contributed by atoms with E-state index in [0.29, 0.717) is 28.9 Å². The summed E-state index contributed by atoms with van der Waals surface area (Å²) in [6.07, 6.45) is 7.57. The number of aromatic hydroxyl groups is 1. The highest BCUT2D eigenvalue weighted by molar-refractivity contribution is 5.98. The highest BCUT2D eigenvalue weighted by Crippen LogP contribution is 2.39. The summed E-state index contributed by atoms with van der Waals surface area (Å²) in [4.78, 5) is 18.5. The van der Waals surface area contributed by atoms with E-state index in [1.165, 1.54) is 6.33 Å². The van der Waals surface area contributed by atoms with E-state index < -0.39 is 0 Å². The van der Waals surface area contributed by atoms with Crippen LogP contribution in [0.25, 0.3) is 22.3 Å². The Morgan fingerprint density at radius 2 is 1.75 bits per heavy atom. The third-order valence-electron chi connectivity index (χ3n) is 8.32. The summed E-state index contributed by atoms with van der Waals surface area (Å²) in [7, 11) is 3.82. The van der Waals surface area contributed by atoms with Gasteiger partial charge in [-0.15, -0.1) is 0 Å². The molecule has 2 aromatic heterocycles. The predicted molar refractivity (Wildman–Crippen MR) is 157 cm³/mol. The number of benzene rings is 2. The van der Waals surface area contributed by atoms with Crippen molar-refractivity contribution in [2.24, 2.45) is 4.99 Å². The summed E-state index contributed by atoms with van der Waals surface area (Å²) < 4.78 is 7.76. The molecule has 4 aromatic rings. The SMILES string of the molecule is COc1cc(-c2nn(C3CCC(N4CCN(C)CC4)CC3)c3ncnc(N)c23)ccc1/N=C/c1ccccc1O. The van der Waals surface area contributed by atoms with Crippen molar-refractivity contribution >= 4 is 28.8 Å². The lowest BCUT2D eigenvalue weighted by Gasteiger charge is -2.41. The van der Waals surface area contributed by atoms with Crippen molar-refractivity contribution in [3.63, 3.8) is 0 Å². The summed E-state index contributed by atoms with van der Waals surface area (Å²) in [6, 6.07) is 13.7. The number of phenolic OH excluding ortho intramolecular Hbond substituents is 1. The van der Waals surface area contributed by atoms with Crippen LogP contribution in [0.1, 0.15) is 37.3 Å². The van der Waals surface area contributed by atoms with E-state index in [9.17, 15) is 5.11 Å². The number of fused-ring (bicyclic) bond motifs is 1. The number of likely N-dealkylation sites (N-methyl/N-ethyl adjacent to an activating group) is 1. The van der Waals surface area contributed by atoms with Gasteiger partial charge in [0.05, 0.1) is 18.5 Å². The first-order valence-electron chi connectivity index (χ1n) is 13.9. The fourth-order valence-electron chi connectivity index (χ4n) is 5.97. The van der Waals surface area contributed by atoms with Gasteiger partial charge in [-0.05, 0) is 57.0 Å². The molecule has 2 aromatic carbocycles. The topological polar surface area (TPSA) is 118 Å². The minimum Gasteiger partial charge on any atom is -0.507 e. The van der Waals surface area contributed by atoms with Crippen molar-refractivity contribution < 1.29 is 9.84 Å². The van der Waals surface area contributed by atoms with Gasteiger partial charge in [0.1, 0.15) is 35.0 Å². The number of ether oxygens (including phenoxy) is 1. The summed E-state index contributed by atoms with van der Waals surface area (Å²) in [5.41, 5.74) is 10.0. The van der Waals surface area contributed by atoms with Gasteiger partial charge in [-0.25, -0.2) is 14.6 Å². The quantitative estimate of drug-likeness (QED) is 0.348. The zero-order chi connectivity index (χ0) is 27.6. The summed E-state index contributed by atoms with van der Waals surface area (Å²) in [5.74, 6) is 1.18. The number of nitrogens with two attached hydrogens (primary N) is 1. The molecule has 10 nitrogen and oxygen atoms in total. The molecule has 1 aliphatic carbocycles. The Balaban J connectivity index is 1.28. The Kier molecular flexibility index (Phi) is 7.36. The van der Waals surface area contributed by atoms with Crippen molar-refractivity contribution in [1.82, 2.24) is 29.5 Å². The number of para-hydroxylation sites is 1. The molecule has 0 radical (unpaired) electrons. The van der Waals surface area contributed by atoms with Crippen LogP contribution in [0.2, 0.25) is 0 Å². The van der Waals surface area contributed by atoms with E-state index in [0.717, 1.165) is 74.2 Å². The van der Waals surface area contributed by atoms with Gasteiger partial charge in [0.25, 0.3) is 0 Å². The van der Waals surface area contributed by atoms with Gasteiger partial charge in [0.15, 0.2) is 5.65 Å². The molecular weight excluding hydrogens is 504 g/mol. The molecule has 0 amide bonds. The van der Waals surface area contributed by atoms with E-state index >= 15 is 0 Å². The highest BCUT2D eigenvalue weighted by atomic mass is 16.5. The number of methoxy groups -OCH3 is 1. The minimum absolute atomic E-state index is 0.173. The van der Waals surface area contributed by atoms with Crippen LogP contribution in [0, 0.1) is 0 Å². The zero-order valence-corrected chi connectivity index (χ0v) is 23.1. The first kappa shape index (κ1) is 26.2. The van der Waals surface area contributed by atoms with Crippen LogP contribution in [0.4, 0.5) is 11.5 Å². The van der Waals surface area contributed by atoms with Crippen LogP contribution in [0.15, 0.2) is 53.8 Å². The van der Waals surface area contributed by atoms with Gasteiger partial charge in [-0.2, -0.15) is 5.10 Å². The molecule has 1 saturated carbocycles. The Labute approximate surface area is 234 Å². The van der Waals surface area contributed by atoms with Crippen molar-refractivity contribution in [3.05, 3.63) is 54.4 Å². The number of rotatable bonds is 6. The van der Waals surface area contributed by atoms with Crippen molar-refractivity contribution in [2.45, 2.75) is 37.8 Å². The highest BCUT2D eigenvalue weighted by Gasteiger charge is 2.30. The maximum atomic E-state index is 10.1. The average Bonchev–Trinajstić information content (AvgIpc) is 3.38. The summed E-state index contributed by atoms with van der Waals surface area (Å²) in [6.45, 7) is 4.59. The Hall–Kier alpha value is -4.02. The first-order chi connectivity index (χ1) is 19.5. The minimum atomic E-state index is 0.173. The number of nitrogen functional groups attached to an aromatic ring is 1. The van der Waals surface area contributed by atoms with Crippen molar-refractivity contribution in [3.8, 4) is 22.8 Å². The number of aliphatic imine (C=N–C) groups is 1. The lowest BCUT2D eigenvalue weighted by Crippen LogP contribution is -2.49. The third kappa shape index (κ3) is 5.12. The van der Waals surface area contributed by atoms with Gasteiger partial charge in [0, 0.05) is 49.6 Å².